The van der Waals surface area contributed by atoms with E-state index in [0.717, 1.165) is 22.4 Å². The largest absolute Gasteiger partial charge is 0.504 e. The molecule has 0 bridgehead atoms. The van der Waals surface area contributed by atoms with E-state index in [1.54, 1.807) is 39.7 Å². The number of ether oxygens (including phenoxy) is 4. The molecule has 26 heavy (non-hydrogen) atoms. The van der Waals surface area contributed by atoms with Crippen molar-refractivity contribution in [1.29, 1.82) is 0 Å². The number of methoxy groups -OCH3 is 4. The quantitative estimate of drug-likeness (QED) is 0.703. The zero-order chi connectivity index (χ0) is 18.7. The number of benzene rings is 2. The average Bonchev–Trinajstić information content (AvgIpc) is 3.16. The first kappa shape index (κ1) is 17.5. The van der Waals surface area contributed by atoms with Crippen LogP contribution in [0.3, 0.4) is 0 Å². The number of hydrogen-bond donors (Lipinski definition) is 2. The van der Waals surface area contributed by atoms with E-state index in [1.165, 1.54) is 7.11 Å². The minimum absolute atomic E-state index is 0.0574. The zero-order valence-electron chi connectivity index (χ0n) is 15.0. The van der Waals surface area contributed by atoms with Gasteiger partial charge in [-0.15, -0.1) is 0 Å². The van der Waals surface area contributed by atoms with Crippen molar-refractivity contribution < 1.29 is 24.1 Å². The molecule has 0 unspecified atom stereocenters. The van der Waals surface area contributed by atoms with Gasteiger partial charge in [-0.1, -0.05) is 6.07 Å². The first-order valence-electron chi connectivity index (χ1n) is 7.84. The Morgan fingerprint density at radius 1 is 0.808 bits per heavy atom. The fraction of sp³-hybridized carbons (Fsp3) is 0.211. The van der Waals surface area contributed by atoms with Crippen LogP contribution in [0.2, 0.25) is 0 Å². The smallest absolute Gasteiger partial charge is 0.203 e. The number of phenolic OH excluding ortho intramolecular Hbond substituents is 1. The summed E-state index contributed by atoms with van der Waals surface area (Å²) in [4.78, 5) is 0. The number of aromatic hydroxyl groups is 1. The van der Waals surface area contributed by atoms with Crippen molar-refractivity contribution in [3.8, 4) is 51.1 Å². The summed E-state index contributed by atoms with van der Waals surface area (Å²) < 4.78 is 21.3. The monoisotopic (exact) mass is 356 g/mol. The number of nitrogens with zero attached hydrogens (tertiary/aromatic N) is 1. The van der Waals surface area contributed by atoms with Gasteiger partial charge < -0.3 is 24.1 Å². The molecule has 0 atom stereocenters. The number of hydrogen-bond acceptors (Lipinski definition) is 6. The van der Waals surface area contributed by atoms with Crippen LogP contribution in [0.25, 0.3) is 22.4 Å². The Hall–Kier alpha value is -3.35. The SMILES string of the molecule is COc1ccc(-c2cn[nH]c2-c2cc(OC)c(OC)c(OC)c2)cc1O. The second kappa shape index (κ2) is 7.26. The zero-order valence-corrected chi connectivity index (χ0v) is 15.0. The summed E-state index contributed by atoms with van der Waals surface area (Å²) in [6.07, 6.45) is 1.69. The highest BCUT2D eigenvalue weighted by atomic mass is 16.5. The minimum Gasteiger partial charge on any atom is -0.504 e. The van der Waals surface area contributed by atoms with Gasteiger partial charge in [0.2, 0.25) is 5.75 Å². The van der Waals surface area contributed by atoms with Crippen LogP contribution in [-0.4, -0.2) is 43.7 Å². The van der Waals surface area contributed by atoms with Gasteiger partial charge in [-0.25, -0.2) is 0 Å². The second-order valence-corrected chi connectivity index (χ2v) is 5.46. The molecule has 0 aliphatic rings. The maximum Gasteiger partial charge on any atom is 0.203 e. The number of rotatable bonds is 6. The number of H-pyrrole nitrogens is 1. The minimum atomic E-state index is 0.0574. The van der Waals surface area contributed by atoms with Crippen molar-refractivity contribution in [3.05, 3.63) is 36.5 Å². The molecule has 136 valence electrons. The third kappa shape index (κ3) is 2.99. The van der Waals surface area contributed by atoms with Crippen molar-refractivity contribution in [2.75, 3.05) is 28.4 Å². The van der Waals surface area contributed by atoms with E-state index in [9.17, 15) is 5.11 Å². The van der Waals surface area contributed by atoms with E-state index in [-0.39, 0.29) is 5.75 Å². The van der Waals surface area contributed by atoms with Crippen LogP contribution in [0.4, 0.5) is 0 Å². The Balaban J connectivity index is 2.13. The Labute approximate surface area is 151 Å². The van der Waals surface area contributed by atoms with Crippen molar-refractivity contribution in [2.24, 2.45) is 0 Å². The molecule has 7 heteroatoms. The molecule has 2 aromatic carbocycles. The summed E-state index contributed by atoms with van der Waals surface area (Å²) in [5.41, 5.74) is 3.18. The molecule has 2 N–H and O–H groups in total. The molecule has 7 nitrogen and oxygen atoms in total. The maximum absolute atomic E-state index is 10.1. The van der Waals surface area contributed by atoms with E-state index in [4.69, 9.17) is 18.9 Å². The molecule has 0 saturated carbocycles. The molecule has 0 spiro atoms. The molecule has 1 aromatic heterocycles. The van der Waals surface area contributed by atoms with Crippen LogP contribution in [0, 0.1) is 0 Å². The van der Waals surface area contributed by atoms with E-state index >= 15 is 0 Å². The van der Waals surface area contributed by atoms with Crippen molar-refractivity contribution >= 4 is 0 Å². The summed E-state index contributed by atoms with van der Waals surface area (Å²) >= 11 is 0. The topological polar surface area (TPSA) is 85.8 Å². The van der Waals surface area contributed by atoms with E-state index in [1.807, 2.05) is 18.2 Å². The molecule has 3 aromatic rings. The van der Waals surface area contributed by atoms with Crippen molar-refractivity contribution in [3.63, 3.8) is 0 Å². The number of phenols is 1. The van der Waals surface area contributed by atoms with Crippen molar-refractivity contribution in [2.45, 2.75) is 0 Å². The summed E-state index contributed by atoms with van der Waals surface area (Å²) in [6, 6.07) is 8.86. The molecule has 0 aliphatic heterocycles. The van der Waals surface area contributed by atoms with Crippen LogP contribution in [0.5, 0.6) is 28.7 Å². The number of aromatic amines is 1. The normalized spacial score (nSPS) is 10.5. The Morgan fingerprint density at radius 3 is 2.00 bits per heavy atom. The lowest BCUT2D eigenvalue weighted by Crippen LogP contribution is -1.96. The van der Waals surface area contributed by atoms with Gasteiger partial charge in [-0.2, -0.15) is 5.10 Å². The van der Waals surface area contributed by atoms with Gasteiger partial charge in [-0.05, 0) is 29.8 Å². The van der Waals surface area contributed by atoms with Gasteiger partial charge in [0.15, 0.2) is 23.0 Å². The predicted octanol–water partition coefficient (Wildman–Crippen LogP) is 3.48. The first-order chi connectivity index (χ1) is 12.6. The standard InChI is InChI=1S/C19H20N2O5/c1-23-15-6-5-11(7-14(15)22)13-10-20-21-18(13)12-8-16(24-2)19(26-4)17(9-12)25-3/h5-10,22H,1-4H3,(H,20,21). The molecule has 3 rings (SSSR count). The molecule has 0 saturated heterocycles. The molecule has 1 heterocycles. The third-order valence-corrected chi connectivity index (χ3v) is 4.08. The van der Waals surface area contributed by atoms with Crippen molar-refractivity contribution in [1.82, 2.24) is 10.2 Å². The molecule has 0 amide bonds. The first-order valence-corrected chi connectivity index (χ1v) is 7.84. The van der Waals surface area contributed by atoms with Crippen LogP contribution in [-0.2, 0) is 0 Å². The lowest BCUT2D eigenvalue weighted by Gasteiger charge is -2.14. The highest BCUT2D eigenvalue weighted by molar-refractivity contribution is 5.83. The van der Waals surface area contributed by atoms with E-state index < -0.39 is 0 Å². The van der Waals surface area contributed by atoms with Gasteiger partial charge in [0, 0.05) is 11.1 Å². The van der Waals surface area contributed by atoms with Gasteiger partial charge >= 0.3 is 0 Å². The van der Waals surface area contributed by atoms with E-state index in [0.29, 0.717) is 23.0 Å². The summed E-state index contributed by atoms with van der Waals surface area (Å²) in [5, 5.41) is 17.2. The Bertz CT molecular complexity index is 895. The summed E-state index contributed by atoms with van der Waals surface area (Å²) in [6.45, 7) is 0. The lowest BCUT2D eigenvalue weighted by atomic mass is 10.0. The number of nitrogens with one attached hydrogen (secondary N) is 1. The fourth-order valence-electron chi connectivity index (χ4n) is 2.81. The molecular weight excluding hydrogens is 336 g/mol. The molecule has 0 radical (unpaired) electrons. The Kier molecular flexibility index (Phi) is 4.88. The molecule has 0 fully saturated rings. The van der Waals surface area contributed by atoms with E-state index in [2.05, 4.69) is 10.2 Å². The van der Waals surface area contributed by atoms with Crippen LogP contribution in [0.15, 0.2) is 36.5 Å². The molecular formula is C19H20N2O5. The number of aromatic nitrogens is 2. The predicted molar refractivity (Wildman–Crippen MR) is 97.3 cm³/mol. The third-order valence-electron chi connectivity index (χ3n) is 4.08. The van der Waals surface area contributed by atoms with Gasteiger partial charge in [-0.3, -0.25) is 5.10 Å². The Morgan fingerprint density at radius 2 is 1.46 bits per heavy atom. The van der Waals surface area contributed by atoms with Gasteiger partial charge in [0.25, 0.3) is 0 Å². The maximum atomic E-state index is 10.1. The summed E-state index contributed by atoms with van der Waals surface area (Å²) in [5.74, 6) is 2.07. The second-order valence-electron chi connectivity index (χ2n) is 5.46. The van der Waals surface area contributed by atoms with Gasteiger partial charge in [0.1, 0.15) is 0 Å². The summed E-state index contributed by atoms with van der Waals surface area (Å²) in [7, 11) is 6.20. The average molecular weight is 356 g/mol. The van der Waals surface area contributed by atoms with Crippen LogP contribution in [0.1, 0.15) is 0 Å². The lowest BCUT2D eigenvalue weighted by molar-refractivity contribution is 0.324. The van der Waals surface area contributed by atoms with Gasteiger partial charge in [0.05, 0.1) is 40.3 Å². The van der Waals surface area contributed by atoms with Crippen LogP contribution < -0.4 is 18.9 Å². The fourth-order valence-corrected chi connectivity index (χ4v) is 2.81. The van der Waals surface area contributed by atoms with Crippen LogP contribution >= 0.6 is 0 Å². The highest BCUT2D eigenvalue weighted by Gasteiger charge is 2.18. The highest BCUT2D eigenvalue weighted by Crippen LogP contribution is 2.43. The molecule has 0 aliphatic carbocycles.